The van der Waals surface area contributed by atoms with Crippen molar-refractivity contribution in [1.82, 2.24) is 9.80 Å². The van der Waals surface area contributed by atoms with Crippen molar-refractivity contribution in [3.8, 4) is 5.75 Å². The molecule has 5 rings (SSSR count). The van der Waals surface area contributed by atoms with Gasteiger partial charge in [0.15, 0.2) is 11.4 Å². The summed E-state index contributed by atoms with van der Waals surface area (Å²) < 4.78 is 0. The van der Waals surface area contributed by atoms with Gasteiger partial charge in [-0.1, -0.05) is 0 Å². The number of rotatable bonds is 5. The van der Waals surface area contributed by atoms with Crippen molar-refractivity contribution >= 4 is 28.9 Å². The van der Waals surface area contributed by atoms with Gasteiger partial charge < -0.3 is 31.1 Å². The fraction of sp³-hybridized carbons (Fsp3) is 0.567. The number of aromatic hydroxyl groups is 1. The number of anilines is 1. The lowest BCUT2D eigenvalue weighted by atomic mass is 9.57. The molecule has 6 unspecified atom stereocenters. The van der Waals surface area contributed by atoms with E-state index >= 15 is 0 Å². The van der Waals surface area contributed by atoms with E-state index in [2.05, 4.69) is 18.7 Å². The number of likely N-dealkylation sites (N-methyl/N-ethyl adjacent to an activating group) is 1. The molecule has 11 heteroatoms. The predicted molar refractivity (Wildman–Crippen MR) is 152 cm³/mol. The zero-order valence-electron chi connectivity index (χ0n) is 24.4. The fourth-order valence-corrected chi connectivity index (χ4v) is 7.62. The number of fused-ring (bicyclic) bond motifs is 3. The minimum Gasteiger partial charge on any atom is -0.508 e. The number of nitrogens with two attached hydrogens (primary N) is 1. The van der Waals surface area contributed by atoms with E-state index in [4.69, 9.17) is 5.73 Å². The predicted octanol–water partition coefficient (Wildman–Crippen LogP) is 1.40. The Bertz CT molecular complexity index is 1400. The van der Waals surface area contributed by atoms with E-state index in [-0.39, 0.29) is 29.7 Å². The van der Waals surface area contributed by atoms with Crippen molar-refractivity contribution in [3.05, 3.63) is 39.7 Å². The highest BCUT2D eigenvalue weighted by Crippen LogP contribution is 2.54. The third-order valence-electron chi connectivity index (χ3n) is 9.75. The molecule has 1 saturated heterocycles. The molecule has 1 aromatic rings. The van der Waals surface area contributed by atoms with E-state index in [1.165, 1.54) is 4.90 Å². The minimum absolute atomic E-state index is 0.0595. The number of ketones is 2. The summed E-state index contributed by atoms with van der Waals surface area (Å²) in [6.07, 6.45) is 2.40. The number of aliphatic hydroxyl groups excluding tert-OH is 2. The van der Waals surface area contributed by atoms with Crippen molar-refractivity contribution in [3.63, 3.8) is 0 Å². The van der Waals surface area contributed by atoms with Crippen molar-refractivity contribution < 1.29 is 34.8 Å². The van der Waals surface area contributed by atoms with Crippen LogP contribution in [-0.4, -0.2) is 99.6 Å². The lowest BCUT2D eigenvalue weighted by molar-refractivity contribution is -0.153. The molecule has 2 fully saturated rings. The summed E-state index contributed by atoms with van der Waals surface area (Å²) in [5, 5.41) is 46.1. The second-order valence-electron chi connectivity index (χ2n) is 12.6. The largest absolute Gasteiger partial charge is 0.508 e. The first kappa shape index (κ1) is 29.1. The molecule has 1 heterocycles. The number of carbonyl (C=O) groups is 3. The van der Waals surface area contributed by atoms with E-state index in [1.54, 1.807) is 14.1 Å². The molecule has 3 aliphatic carbocycles. The first-order valence-corrected chi connectivity index (χ1v) is 14.1. The standard InChI is InChI=1S/C30H40N4O7/c1-13-7-8-14(2)34(13)12-16-11-19(32(3)4)17-9-15-10-18-23(33(5)6)26(37)22(29(31)40)28(39)30(18,41)27(38)20(15)25(36)21(17)24(16)35/h11,13-15,18,23,35-36,39,41H,7-10,12H2,1-6H3,(H2,31,40). The number of Topliss-reactive ketones (excluding diaryl/α,β-unsaturated/α-hetero) is 2. The maximum atomic E-state index is 14.1. The molecule has 0 radical (unpaired) electrons. The lowest BCUT2D eigenvalue weighted by Crippen LogP contribution is -2.65. The maximum absolute atomic E-state index is 14.1. The SMILES string of the molecule is CC1CCC(C)N1Cc1cc(N(C)C)c2c(c1O)C(O)=C1C(=O)C3(O)C(O)=C(C(N)=O)C(=O)C(N(C)C)C3CC1C2. The molecule has 6 atom stereocenters. The summed E-state index contributed by atoms with van der Waals surface area (Å²) in [5.41, 5.74) is 3.97. The van der Waals surface area contributed by atoms with Gasteiger partial charge in [0.05, 0.1) is 11.6 Å². The fourth-order valence-electron chi connectivity index (χ4n) is 7.62. The van der Waals surface area contributed by atoms with Crippen molar-refractivity contribution in [2.24, 2.45) is 17.6 Å². The third kappa shape index (κ3) is 4.08. The average molecular weight is 569 g/mol. The van der Waals surface area contributed by atoms with Crippen LogP contribution in [0.25, 0.3) is 5.76 Å². The summed E-state index contributed by atoms with van der Waals surface area (Å²) in [6.45, 7) is 4.74. The molecule has 4 aliphatic rings. The third-order valence-corrected chi connectivity index (χ3v) is 9.75. The number of carbonyl (C=O) groups excluding carboxylic acids is 3. The Morgan fingerprint density at radius 2 is 1.71 bits per heavy atom. The molecule has 0 bridgehead atoms. The van der Waals surface area contributed by atoms with Crippen LogP contribution in [0.5, 0.6) is 5.75 Å². The van der Waals surface area contributed by atoms with Gasteiger partial charge in [0.25, 0.3) is 5.91 Å². The summed E-state index contributed by atoms with van der Waals surface area (Å²) >= 11 is 0. The van der Waals surface area contributed by atoms with Crippen LogP contribution in [0.2, 0.25) is 0 Å². The van der Waals surface area contributed by atoms with Crippen LogP contribution in [0.4, 0.5) is 5.69 Å². The first-order valence-electron chi connectivity index (χ1n) is 14.1. The summed E-state index contributed by atoms with van der Waals surface area (Å²) in [6, 6.07) is 1.45. The molecule has 0 aromatic heterocycles. The monoisotopic (exact) mass is 568 g/mol. The maximum Gasteiger partial charge on any atom is 0.255 e. The highest BCUT2D eigenvalue weighted by Gasteiger charge is 2.64. The molecule has 222 valence electrons. The molecule has 1 aromatic carbocycles. The Balaban J connectivity index is 1.70. The molecule has 41 heavy (non-hydrogen) atoms. The zero-order chi connectivity index (χ0) is 30.3. The zero-order valence-corrected chi connectivity index (χ0v) is 24.4. The van der Waals surface area contributed by atoms with Crippen molar-refractivity contribution in [1.29, 1.82) is 0 Å². The molecule has 0 spiro atoms. The molecule has 1 saturated carbocycles. The van der Waals surface area contributed by atoms with Gasteiger partial charge in [-0.3, -0.25) is 24.2 Å². The Morgan fingerprint density at radius 3 is 2.24 bits per heavy atom. The quantitative estimate of drug-likeness (QED) is 0.328. The van der Waals surface area contributed by atoms with Crippen LogP contribution < -0.4 is 10.6 Å². The van der Waals surface area contributed by atoms with Crippen LogP contribution in [-0.2, 0) is 27.3 Å². The smallest absolute Gasteiger partial charge is 0.255 e. The Morgan fingerprint density at radius 1 is 1.10 bits per heavy atom. The van der Waals surface area contributed by atoms with E-state index in [1.807, 2.05) is 25.1 Å². The number of hydrogen-bond donors (Lipinski definition) is 5. The molecule has 1 aliphatic heterocycles. The van der Waals surface area contributed by atoms with E-state index < -0.39 is 58.0 Å². The van der Waals surface area contributed by atoms with E-state index in [0.29, 0.717) is 29.8 Å². The van der Waals surface area contributed by atoms with Gasteiger partial charge >= 0.3 is 0 Å². The number of amides is 1. The number of aliphatic hydroxyl groups is 3. The van der Waals surface area contributed by atoms with Gasteiger partial charge in [0.2, 0.25) is 5.78 Å². The average Bonchev–Trinajstić information content (AvgIpc) is 3.19. The highest BCUT2D eigenvalue weighted by atomic mass is 16.3. The van der Waals surface area contributed by atoms with Gasteiger partial charge in [0.1, 0.15) is 22.8 Å². The first-order chi connectivity index (χ1) is 19.1. The highest BCUT2D eigenvalue weighted by molar-refractivity contribution is 6.24. The van der Waals surface area contributed by atoms with Gasteiger partial charge in [-0.05, 0) is 71.2 Å². The Hall–Kier alpha value is -3.41. The minimum atomic E-state index is -2.65. The van der Waals surface area contributed by atoms with E-state index in [9.17, 15) is 34.8 Å². The van der Waals surface area contributed by atoms with Crippen LogP contribution in [0, 0.1) is 11.8 Å². The van der Waals surface area contributed by atoms with Gasteiger partial charge in [-0.15, -0.1) is 0 Å². The van der Waals surface area contributed by atoms with Crippen LogP contribution in [0.15, 0.2) is 23.0 Å². The second kappa shape index (κ2) is 9.85. The van der Waals surface area contributed by atoms with Gasteiger partial charge in [0, 0.05) is 55.5 Å². The van der Waals surface area contributed by atoms with Gasteiger partial charge in [-0.25, -0.2) is 0 Å². The van der Waals surface area contributed by atoms with Crippen LogP contribution in [0.1, 0.15) is 49.8 Å². The van der Waals surface area contributed by atoms with E-state index in [0.717, 1.165) is 18.5 Å². The number of benzene rings is 1. The number of hydrogen-bond acceptors (Lipinski definition) is 10. The molecule has 11 nitrogen and oxygen atoms in total. The molecule has 6 N–H and O–H groups in total. The van der Waals surface area contributed by atoms with Crippen molar-refractivity contribution in [2.45, 2.75) is 69.8 Å². The molecular formula is C30H40N4O7. The molecule has 1 amide bonds. The summed E-state index contributed by atoms with van der Waals surface area (Å²) in [7, 11) is 6.90. The van der Waals surface area contributed by atoms with Crippen LogP contribution >= 0.6 is 0 Å². The number of phenolic OH excluding ortho intramolecular Hbond substituents is 1. The normalized spacial score (nSPS) is 31.9. The Kier molecular flexibility index (Phi) is 6.99. The number of nitrogens with zero attached hydrogens (tertiary/aromatic N) is 3. The number of primary amides is 1. The second-order valence-corrected chi connectivity index (χ2v) is 12.6. The summed E-state index contributed by atoms with van der Waals surface area (Å²) in [4.78, 5) is 45.3. The lowest BCUT2D eigenvalue weighted by Gasteiger charge is -2.50. The van der Waals surface area contributed by atoms with Crippen molar-refractivity contribution in [2.75, 3.05) is 33.1 Å². The molecular weight excluding hydrogens is 528 g/mol. The van der Waals surface area contributed by atoms with Crippen LogP contribution in [0.3, 0.4) is 0 Å². The topological polar surface area (TPSA) is 168 Å². The Labute approximate surface area is 239 Å². The number of phenols is 1. The summed E-state index contributed by atoms with van der Waals surface area (Å²) in [5.74, 6) is -6.42. The number of likely N-dealkylation sites (tertiary alicyclic amines) is 1. The van der Waals surface area contributed by atoms with Gasteiger partial charge in [-0.2, -0.15) is 0 Å².